The Morgan fingerprint density at radius 3 is 2.68 bits per heavy atom. The lowest BCUT2D eigenvalue weighted by Gasteiger charge is -2.05. The van der Waals surface area contributed by atoms with E-state index >= 15 is 0 Å². The molecular formula is C22H22N6O2S. The van der Waals surface area contributed by atoms with E-state index in [4.69, 9.17) is 15.3 Å². The van der Waals surface area contributed by atoms with Crippen LogP contribution in [0.2, 0.25) is 0 Å². The number of thiazole rings is 1. The van der Waals surface area contributed by atoms with E-state index in [1.165, 1.54) is 11.3 Å². The average molecular weight is 435 g/mol. The molecule has 1 aromatic carbocycles. The fourth-order valence-electron chi connectivity index (χ4n) is 2.89. The Hall–Kier alpha value is -3.72. The van der Waals surface area contributed by atoms with Crippen LogP contribution in [-0.4, -0.2) is 25.6 Å². The van der Waals surface area contributed by atoms with E-state index in [1.807, 2.05) is 67.8 Å². The van der Waals surface area contributed by atoms with Gasteiger partial charge < -0.3 is 15.3 Å². The van der Waals surface area contributed by atoms with E-state index in [9.17, 15) is 0 Å². The molecule has 0 spiro atoms. The largest absolute Gasteiger partial charge is 0.486 e. The third kappa shape index (κ3) is 5.26. The number of benzene rings is 1. The van der Waals surface area contributed by atoms with Crippen molar-refractivity contribution >= 4 is 17.2 Å². The average Bonchev–Trinajstić information content (AvgIpc) is 3.38. The number of rotatable bonds is 8. The molecule has 2 N–H and O–H groups in total. The van der Waals surface area contributed by atoms with Gasteiger partial charge in [0.05, 0.1) is 11.4 Å². The molecule has 9 heteroatoms. The summed E-state index contributed by atoms with van der Waals surface area (Å²) in [6, 6.07) is 15.3. The SMILES string of the molecule is Cc1cc(C)n(-c2ccc(/C(N)=N/OCc3csc(COc4ccccc4)n3)cn2)n1. The van der Waals surface area contributed by atoms with Crippen molar-refractivity contribution in [3.8, 4) is 11.6 Å². The molecular weight excluding hydrogens is 412 g/mol. The number of ether oxygens (including phenoxy) is 1. The van der Waals surface area contributed by atoms with Crippen LogP contribution in [0.25, 0.3) is 5.82 Å². The minimum atomic E-state index is 0.222. The molecule has 3 aromatic heterocycles. The predicted octanol–water partition coefficient (Wildman–Crippen LogP) is 3.76. The van der Waals surface area contributed by atoms with E-state index in [0.717, 1.165) is 33.7 Å². The first-order valence-electron chi connectivity index (χ1n) is 9.65. The molecule has 0 bridgehead atoms. The summed E-state index contributed by atoms with van der Waals surface area (Å²) >= 11 is 1.51. The van der Waals surface area contributed by atoms with Crippen molar-refractivity contribution < 1.29 is 9.57 Å². The highest BCUT2D eigenvalue weighted by molar-refractivity contribution is 7.09. The van der Waals surface area contributed by atoms with Gasteiger partial charge in [-0.2, -0.15) is 5.10 Å². The minimum Gasteiger partial charge on any atom is -0.486 e. The normalized spacial score (nSPS) is 11.5. The molecule has 4 aromatic rings. The van der Waals surface area contributed by atoms with Crippen molar-refractivity contribution in [3.05, 3.63) is 87.8 Å². The van der Waals surface area contributed by atoms with E-state index in [-0.39, 0.29) is 12.4 Å². The summed E-state index contributed by atoms with van der Waals surface area (Å²) in [7, 11) is 0. The Morgan fingerprint density at radius 1 is 1.13 bits per heavy atom. The van der Waals surface area contributed by atoms with Gasteiger partial charge in [0.2, 0.25) is 0 Å². The highest BCUT2D eigenvalue weighted by atomic mass is 32.1. The first kappa shape index (κ1) is 20.5. The van der Waals surface area contributed by atoms with Crippen LogP contribution in [-0.2, 0) is 18.1 Å². The van der Waals surface area contributed by atoms with Gasteiger partial charge in [-0.05, 0) is 44.2 Å². The molecule has 0 saturated carbocycles. The van der Waals surface area contributed by atoms with Gasteiger partial charge in [0.25, 0.3) is 0 Å². The van der Waals surface area contributed by atoms with Gasteiger partial charge in [0.15, 0.2) is 18.3 Å². The van der Waals surface area contributed by atoms with Gasteiger partial charge >= 0.3 is 0 Å². The van der Waals surface area contributed by atoms with Crippen molar-refractivity contribution in [2.45, 2.75) is 27.1 Å². The van der Waals surface area contributed by atoms with E-state index in [1.54, 1.807) is 10.9 Å². The first-order valence-corrected chi connectivity index (χ1v) is 10.5. The van der Waals surface area contributed by atoms with E-state index in [0.29, 0.717) is 12.2 Å². The minimum absolute atomic E-state index is 0.222. The topological polar surface area (TPSA) is 100 Å². The molecule has 31 heavy (non-hydrogen) atoms. The van der Waals surface area contributed by atoms with Crippen LogP contribution < -0.4 is 10.5 Å². The summed E-state index contributed by atoms with van der Waals surface area (Å²) in [5.41, 5.74) is 9.41. The number of amidine groups is 1. The van der Waals surface area contributed by atoms with Crippen LogP contribution >= 0.6 is 11.3 Å². The number of aromatic nitrogens is 4. The molecule has 0 radical (unpaired) electrons. The molecule has 3 heterocycles. The number of nitrogens with two attached hydrogens (primary N) is 1. The predicted molar refractivity (Wildman–Crippen MR) is 119 cm³/mol. The summed E-state index contributed by atoms with van der Waals surface area (Å²) in [6.07, 6.45) is 1.65. The Morgan fingerprint density at radius 2 is 1.97 bits per heavy atom. The number of hydrogen-bond donors (Lipinski definition) is 1. The zero-order valence-corrected chi connectivity index (χ0v) is 18.0. The van der Waals surface area contributed by atoms with Gasteiger partial charge in [0, 0.05) is 22.8 Å². The van der Waals surface area contributed by atoms with Crippen molar-refractivity contribution in [1.29, 1.82) is 0 Å². The zero-order chi connectivity index (χ0) is 21.6. The van der Waals surface area contributed by atoms with Crippen LogP contribution in [0.3, 0.4) is 0 Å². The lowest BCUT2D eigenvalue weighted by Crippen LogP contribution is -2.15. The summed E-state index contributed by atoms with van der Waals surface area (Å²) in [5, 5.41) is 11.2. The van der Waals surface area contributed by atoms with Gasteiger partial charge in [-0.25, -0.2) is 14.6 Å². The summed E-state index contributed by atoms with van der Waals surface area (Å²) in [4.78, 5) is 14.3. The first-order chi connectivity index (χ1) is 15.1. The third-order valence-electron chi connectivity index (χ3n) is 4.35. The molecule has 0 saturated heterocycles. The summed E-state index contributed by atoms with van der Waals surface area (Å²) < 4.78 is 7.48. The second-order valence-corrected chi connectivity index (χ2v) is 7.77. The quantitative estimate of drug-likeness (QED) is 0.257. The van der Waals surface area contributed by atoms with Crippen molar-refractivity contribution in [3.63, 3.8) is 0 Å². The number of nitrogens with zero attached hydrogens (tertiary/aromatic N) is 5. The molecule has 0 unspecified atom stereocenters. The van der Waals surface area contributed by atoms with Crippen molar-refractivity contribution in [2.75, 3.05) is 0 Å². The maximum Gasteiger partial charge on any atom is 0.171 e. The molecule has 0 aliphatic rings. The van der Waals surface area contributed by atoms with Gasteiger partial charge in [-0.3, -0.25) is 0 Å². The fourth-order valence-corrected chi connectivity index (χ4v) is 3.58. The molecule has 0 aliphatic heterocycles. The van der Waals surface area contributed by atoms with Crippen LogP contribution in [0.5, 0.6) is 5.75 Å². The Bertz CT molecular complexity index is 1170. The lowest BCUT2D eigenvalue weighted by atomic mass is 10.2. The maximum absolute atomic E-state index is 6.02. The number of para-hydroxylation sites is 1. The fraction of sp³-hybridized carbons (Fsp3) is 0.182. The molecule has 8 nitrogen and oxygen atoms in total. The number of hydrogen-bond acceptors (Lipinski definition) is 7. The number of aryl methyl sites for hydroxylation is 2. The molecule has 0 atom stereocenters. The highest BCUT2D eigenvalue weighted by Gasteiger charge is 2.07. The summed E-state index contributed by atoms with van der Waals surface area (Å²) in [6.45, 7) is 4.56. The maximum atomic E-state index is 6.02. The second kappa shape index (κ2) is 9.40. The third-order valence-corrected chi connectivity index (χ3v) is 5.22. The van der Waals surface area contributed by atoms with Crippen molar-refractivity contribution in [1.82, 2.24) is 19.7 Å². The molecule has 0 fully saturated rings. The molecule has 158 valence electrons. The van der Waals surface area contributed by atoms with Crippen LogP contribution in [0.4, 0.5) is 0 Å². The highest BCUT2D eigenvalue weighted by Crippen LogP contribution is 2.16. The van der Waals surface area contributed by atoms with Gasteiger partial charge in [0.1, 0.15) is 17.4 Å². The smallest absolute Gasteiger partial charge is 0.171 e. The van der Waals surface area contributed by atoms with Crippen LogP contribution in [0, 0.1) is 13.8 Å². The summed E-state index contributed by atoms with van der Waals surface area (Å²) in [5.74, 6) is 1.77. The van der Waals surface area contributed by atoms with E-state index in [2.05, 4.69) is 20.2 Å². The number of pyridine rings is 1. The van der Waals surface area contributed by atoms with Gasteiger partial charge in [-0.1, -0.05) is 23.4 Å². The van der Waals surface area contributed by atoms with Crippen molar-refractivity contribution in [2.24, 2.45) is 10.9 Å². The molecule has 0 aliphatic carbocycles. The zero-order valence-electron chi connectivity index (χ0n) is 17.2. The molecule has 0 amide bonds. The Balaban J connectivity index is 1.31. The van der Waals surface area contributed by atoms with Gasteiger partial charge in [-0.15, -0.1) is 11.3 Å². The monoisotopic (exact) mass is 434 g/mol. The Kier molecular flexibility index (Phi) is 6.23. The lowest BCUT2D eigenvalue weighted by molar-refractivity contribution is 0.127. The molecule has 4 rings (SSSR count). The van der Waals surface area contributed by atoms with Crippen LogP contribution in [0.1, 0.15) is 27.7 Å². The standard InChI is InChI=1S/C22H22N6O2S/c1-15-10-16(2)28(26-15)20-9-8-17(11-24-20)22(23)27-30-12-18-14-31-21(25-18)13-29-19-6-4-3-5-7-19/h3-11,14H,12-13H2,1-2H3,(H2,23,27). The Labute approximate surface area is 184 Å². The van der Waals surface area contributed by atoms with E-state index < -0.39 is 0 Å². The second-order valence-electron chi connectivity index (χ2n) is 6.83. The number of oxime groups is 1. The van der Waals surface area contributed by atoms with Crippen LogP contribution in [0.15, 0.2) is 65.3 Å².